The highest BCUT2D eigenvalue weighted by molar-refractivity contribution is 5.73. The Kier molecular flexibility index (Phi) is 20.2. The van der Waals surface area contributed by atoms with E-state index in [0.29, 0.717) is 12.8 Å². The van der Waals surface area contributed by atoms with Gasteiger partial charge in [0.1, 0.15) is 13.2 Å². The second kappa shape index (κ2) is 23.7. The third-order valence-electron chi connectivity index (χ3n) is 8.18. The van der Waals surface area contributed by atoms with Crippen LogP contribution in [0.25, 0.3) is 11.1 Å². The van der Waals surface area contributed by atoms with Crippen molar-refractivity contribution >= 4 is 11.9 Å². The fraction of sp³-hybridized carbons (Fsp3) is 0.632. The van der Waals surface area contributed by atoms with Crippen LogP contribution in [0.1, 0.15) is 116 Å². The molecule has 0 aliphatic rings. The van der Waals surface area contributed by atoms with E-state index in [-0.39, 0.29) is 25.2 Å². The van der Waals surface area contributed by atoms with Gasteiger partial charge in [-0.2, -0.15) is 0 Å². The fourth-order valence-electron chi connectivity index (χ4n) is 5.38. The molecule has 0 aliphatic carbocycles. The lowest BCUT2D eigenvalue weighted by atomic mass is 9.96. The van der Waals surface area contributed by atoms with Crippen molar-refractivity contribution in [2.45, 2.75) is 118 Å². The smallest absolute Gasteiger partial charge is 0.307 e. The first-order valence-corrected chi connectivity index (χ1v) is 17.4. The Balaban J connectivity index is 1.95. The maximum Gasteiger partial charge on any atom is 0.307 e. The summed E-state index contributed by atoms with van der Waals surface area (Å²) >= 11 is 0. The molecule has 0 unspecified atom stereocenters. The molecule has 6 heteroatoms. The molecule has 0 radical (unpaired) electrons. The van der Waals surface area contributed by atoms with Crippen LogP contribution in [0.2, 0.25) is 0 Å². The van der Waals surface area contributed by atoms with E-state index in [1.807, 2.05) is 48.5 Å². The van der Waals surface area contributed by atoms with Crippen LogP contribution in [0, 0.1) is 0 Å². The van der Waals surface area contributed by atoms with E-state index in [0.717, 1.165) is 87.2 Å². The summed E-state index contributed by atoms with van der Waals surface area (Å²) in [6.07, 6.45) is 12.6. The van der Waals surface area contributed by atoms with Crippen LogP contribution in [0.4, 0.5) is 0 Å². The molecule has 2 aromatic rings. The second-order valence-electron chi connectivity index (χ2n) is 11.9. The zero-order valence-corrected chi connectivity index (χ0v) is 28.3. The Hall–Kier alpha value is -2.70. The molecule has 0 fully saturated rings. The number of hydrogen-bond donors (Lipinski definition) is 0. The van der Waals surface area contributed by atoms with E-state index < -0.39 is 0 Å². The summed E-state index contributed by atoms with van der Waals surface area (Å²) < 4.78 is 11.5. The number of unbranched alkanes of at least 4 members (excludes halogenated alkanes) is 6. The predicted molar refractivity (Wildman–Crippen MR) is 182 cm³/mol. The minimum absolute atomic E-state index is 0.165. The van der Waals surface area contributed by atoms with Gasteiger partial charge in [-0.05, 0) is 74.1 Å². The van der Waals surface area contributed by atoms with Crippen molar-refractivity contribution in [3.05, 3.63) is 59.7 Å². The predicted octanol–water partition coefficient (Wildman–Crippen LogP) is 8.80. The minimum atomic E-state index is -0.165. The van der Waals surface area contributed by atoms with Crippen molar-refractivity contribution in [3.63, 3.8) is 0 Å². The zero-order chi connectivity index (χ0) is 31.8. The van der Waals surface area contributed by atoms with Gasteiger partial charge in [0.25, 0.3) is 0 Å². The topological polar surface area (TPSA) is 59.1 Å². The molecule has 0 aliphatic heterocycles. The molecule has 2 rings (SSSR count). The van der Waals surface area contributed by atoms with Gasteiger partial charge in [-0.3, -0.25) is 9.59 Å². The Morgan fingerprint density at radius 1 is 0.500 bits per heavy atom. The highest BCUT2D eigenvalue weighted by Gasteiger charge is 2.15. The molecule has 0 saturated carbocycles. The lowest BCUT2D eigenvalue weighted by Gasteiger charge is -2.22. The summed E-state index contributed by atoms with van der Waals surface area (Å²) in [5, 5.41) is 0. The number of carbonyl (C=O) groups is 2. The molecule has 44 heavy (non-hydrogen) atoms. The minimum Gasteiger partial charge on any atom is -0.461 e. The number of benzene rings is 2. The van der Waals surface area contributed by atoms with Crippen molar-refractivity contribution in [1.82, 2.24) is 9.80 Å². The van der Waals surface area contributed by atoms with Crippen molar-refractivity contribution in [2.24, 2.45) is 0 Å². The highest BCUT2D eigenvalue weighted by Crippen LogP contribution is 2.28. The molecule has 246 valence electrons. The number of hydrogen-bond acceptors (Lipinski definition) is 6. The molecule has 0 amide bonds. The van der Waals surface area contributed by atoms with Crippen LogP contribution >= 0.6 is 0 Å². The van der Waals surface area contributed by atoms with E-state index in [4.69, 9.17) is 9.47 Å². The summed E-state index contributed by atoms with van der Waals surface area (Å²) in [6, 6.07) is 16.0. The van der Waals surface area contributed by atoms with Gasteiger partial charge in [0.2, 0.25) is 0 Å². The van der Waals surface area contributed by atoms with Gasteiger partial charge in [0, 0.05) is 13.1 Å². The Labute approximate surface area is 268 Å². The average Bonchev–Trinajstić information content (AvgIpc) is 3.05. The monoisotopic (exact) mass is 608 g/mol. The number of esters is 2. The van der Waals surface area contributed by atoms with E-state index >= 15 is 0 Å². The van der Waals surface area contributed by atoms with Crippen LogP contribution in [0.3, 0.4) is 0 Å². The van der Waals surface area contributed by atoms with Gasteiger partial charge in [0.05, 0.1) is 12.8 Å². The summed E-state index contributed by atoms with van der Waals surface area (Å²) in [4.78, 5) is 30.3. The molecular formula is C38H60N2O4. The molecule has 0 saturated heterocycles. The number of ether oxygens (including phenoxy) is 2. The van der Waals surface area contributed by atoms with Gasteiger partial charge in [-0.15, -0.1) is 0 Å². The second-order valence-corrected chi connectivity index (χ2v) is 11.9. The summed E-state index contributed by atoms with van der Waals surface area (Å²) in [5.41, 5.74) is 3.89. The molecule has 0 spiro atoms. The number of carbonyl (C=O) groups excluding carboxylic acids is 2. The SMILES string of the molecule is CCCCCN(CCCC)CCC(=O)OCc1ccccc1-c1ccccc1COC(=O)CCN(CCCC)CCCCC. The largest absolute Gasteiger partial charge is 0.461 e. The number of rotatable bonds is 25. The molecule has 0 atom stereocenters. The van der Waals surface area contributed by atoms with Crippen molar-refractivity contribution in [2.75, 3.05) is 39.3 Å². The van der Waals surface area contributed by atoms with Crippen LogP contribution in [-0.4, -0.2) is 61.0 Å². The third-order valence-corrected chi connectivity index (χ3v) is 8.18. The molecule has 0 bridgehead atoms. The Bertz CT molecular complexity index is 973. The van der Waals surface area contributed by atoms with Crippen molar-refractivity contribution < 1.29 is 19.1 Å². The maximum atomic E-state index is 12.7. The van der Waals surface area contributed by atoms with Crippen molar-refractivity contribution in [1.29, 1.82) is 0 Å². The molecule has 6 nitrogen and oxygen atoms in total. The Morgan fingerprint density at radius 3 is 1.25 bits per heavy atom. The quantitative estimate of drug-likeness (QED) is 0.0829. The molecule has 2 aromatic carbocycles. The lowest BCUT2D eigenvalue weighted by Crippen LogP contribution is -2.29. The summed E-state index contributed by atoms with van der Waals surface area (Å²) in [7, 11) is 0. The van der Waals surface area contributed by atoms with Crippen LogP contribution in [0.5, 0.6) is 0 Å². The highest BCUT2D eigenvalue weighted by atomic mass is 16.5. The first kappa shape index (κ1) is 37.5. The van der Waals surface area contributed by atoms with Gasteiger partial charge in [-0.1, -0.05) is 115 Å². The van der Waals surface area contributed by atoms with Crippen LogP contribution < -0.4 is 0 Å². The molecule has 0 N–H and O–H groups in total. The fourth-order valence-corrected chi connectivity index (χ4v) is 5.38. The van der Waals surface area contributed by atoms with E-state index in [9.17, 15) is 9.59 Å². The molecule has 0 aromatic heterocycles. The molecular weight excluding hydrogens is 548 g/mol. The van der Waals surface area contributed by atoms with Gasteiger partial charge in [-0.25, -0.2) is 0 Å². The van der Waals surface area contributed by atoms with E-state index in [1.165, 1.54) is 38.5 Å². The first-order valence-electron chi connectivity index (χ1n) is 17.4. The van der Waals surface area contributed by atoms with Crippen molar-refractivity contribution in [3.8, 4) is 11.1 Å². The van der Waals surface area contributed by atoms with Crippen LogP contribution in [-0.2, 0) is 32.3 Å². The van der Waals surface area contributed by atoms with Crippen LogP contribution in [0.15, 0.2) is 48.5 Å². The molecule has 0 heterocycles. The standard InChI is InChI=1S/C38H60N2O4/c1-5-9-17-27-39(25-11-7-3)29-23-37(41)43-31-33-19-13-15-21-35(33)36-22-16-14-20-34(36)32-44-38(42)24-30-40(26-12-8-4)28-18-10-6-2/h13-16,19-22H,5-12,17-18,23-32H2,1-4H3. The Morgan fingerprint density at radius 2 is 0.864 bits per heavy atom. The average molecular weight is 609 g/mol. The number of nitrogens with zero attached hydrogens (tertiary/aromatic N) is 2. The van der Waals surface area contributed by atoms with E-state index in [2.05, 4.69) is 37.5 Å². The third kappa shape index (κ3) is 15.3. The summed E-state index contributed by atoms with van der Waals surface area (Å²) in [6.45, 7) is 14.9. The van der Waals surface area contributed by atoms with E-state index in [1.54, 1.807) is 0 Å². The van der Waals surface area contributed by atoms with Gasteiger partial charge >= 0.3 is 11.9 Å². The zero-order valence-electron chi connectivity index (χ0n) is 28.3. The normalized spacial score (nSPS) is 11.3. The maximum absolute atomic E-state index is 12.7. The van der Waals surface area contributed by atoms with Gasteiger partial charge < -0.3 is 19.3 Å². The lowest BCUT2D eigenvalue weighted by molar-refractivity contribution is -0.146. The van der Waals surface area contributed by atoms with Gasteiger partial charge in [0.15, 0.2) is 0 Å². The summed E-state index contributed by atoms with van der Waals surface area (Å²) in [5.74, 6) is -0.330. The first-order chi connectivity index (χ1) is 21.5.